The molecule has 4 nitrogen and oxygen atoms in total. The number of nitrogens with one attached hydrogen (secondary N) is 1. The van der Waals surface area contributed by atoms with Gasteiger partial charge in [-0.15, -0.1) is 0 Å². The Morgan fingerprint density at radius 3 is 2.85 bits per heavy atom. The van der Waals surface area contributed by atoms with E-state index < -0.39 is 0 Å². The van der Waals surface area contributed by atoms with E-state index in [0.29, 0.717) is 5.56 Å². The fraction of sp³-hybridized carbons (Fsp3) is 0.625. The Hall–Kier alpha value is -1.58. The number of hydrogen-bond donors (Lipinski definition) is 1. The third-order valence-corrected chi connectivity index (χ3v) is 3.92. The number of rotatable bonds is 5. The van der Waals surface area contributed by atoms with Crippen molar-refractivity contribution in [1.82, 2.24) is 9.88 Å². The smallest absolute Gasteiger partial charge is 0.255 e. The Morgan fingerprint density at radius 1 is 1.40 bits per heavy atom. The van der Waals surface area contributed by atoms with Crippen LogP contribution in [-0.4, -0.2) is 35.4 Å². The molecule has 1 fully saturated rings. The lowest BCUT2D eigenvalue weighted by Crippen LogP contribution is -2.37. The van der Waals surface area contributed by atoms with Crippen molar-refractivity contribution in [3.8, 4) is 0 Å². The fourth-order valence-corrected chi connectivity index (χ4v) is 2.46. The van der Waals surface area contributed by atoms with Crippen LogP contribution in [0.4, 0.5) is 5.69 Å². The van der Waals surface area contributed by atoms with Crippen LogP contribution in [0.3, 0.4) is 0 Å². The van der Waals surface area contributed by atoms with Crippen molar-refractivity contribution in [3.05, 3.63) is 24.0 Å². The van der Waals surface area contributed by atoms with E-state index in [1.54, 1.807) is 12.4 Å². The SMILES string of the molecule is CCCCNc1cncc(C(=O)N2CCC(C)CC2)c1. The fourth-order valence-electron chi connectivity index (χ4n) is 2.46. The Kier molecular flexibility index (Phi) is 5.39. The summed E-state index contributed by atoms with van der Waals surface area (Å²) in [5.41, 5.74) is 1.63. The molecule has 1 amide bonds. The molecule has 2 rings (SSSR count). The number of carbonyl (C=O) groups is 1. The van der Waals surface area contributed by atoms with Crippen LogP contribution in [-0.2, 0) is 0 Å². The van der Waals surface area contributed by atoms with Crippen LogP contribution in [0.2, 0.25) is 0 Å². The van der Waals surface area contributed by atoms with E-state index in [0.717, 1.165) is 56.9 Å². The number of carbonyl (C=O) groups excluding carboxylic acids is 1. The number of amides is 1. The Labute approximate surface area is 121 Å². The van der Waals surface area contributed by atoms with Gasteiger partial charge in [0.1, 0.15) is 0 Å². The number of anilines is 1. The third-order valence-electron chi connectivity index (χ3n) is 3.92. The number of likely N-dealkylation sites (tertiary alicyclic amines) is 1. The molecule has 0 bridgehead atoms. The quantitative estimate of drug-likeness (QED) is 0.840. The lowest BCUT2D eigenvalue weighted by atomic mass is 9.99. The minimum atomic E-state index is 0.114. The molecule has 1 aromatic rings. The largest absolute Gasteiger partial charge is 0.384 e. The minimum Gasteiger partial charge on any atom is -0.384 e. The van der Waals surface area contributed by atoms with E-state index >= 15 is 0 Å². The van der Waals surface area contributed by atoms with Crippen molar-refractivity contribution in [3.63, 3.8) is 0 Å². The lowest BCUT2D eigenvalue weighted by Gasteiger charge is -2.30. The number of nitrogens with zero attached hydrogens (tertiary/aromatic N) is 2. The summed E-state index contributed by atoms with van der Waals surface area (Å²) in [5, 5.41) is 3.32. The zero-order valence-corrected chi connectivity index (χ0v) is 12.6. The number of pyridine rings is 1. The molecule has 0 atom stereocenters. The summed E-state index contributed by atoms with van der Waals surface area (Å²) >= 11 is 0. The van der Waals surface area contributed by atoms with Gasteiger partial charge < -0.3 is 10.2 Å². The van der Waals surface area contributed by atoms with Gasteiger partial charge in [0.05, 0.1) is 11.3 Å². The van der Waals surface area contributed by atoms with Gasteiger partial charge in [0.15, 0.2) is 0 Å². The van der Waals surface area contributed by atoms with Crippen LogP contribution in [0.25, 0.3) is 0 Å². The average Bonchev–Trinajstić information content (AvgIpc) is 2.48. The second-order valence-electron chi connectivity index (χ2n) is 5.72. The van der Waals surface area contributed by atoms with Gasteiger partial charge in [0.25, 0.3) is 5.91 Å². The standard InChI is InChI=1S/C16H25N3O/c1-3-4-7-18-15-10-14(11-17-12-15)16(20)19-8-5-13(2)6-9-19/h10-13,18H,3-9H2,1-2H3. The highest BCUT2D eigenvalue weighted by atomic mass is 16.2. The highest BCUT2D eigenvalue weighted by molar-refractivity contribution is 5.94. The van der Waals surface area contributed by atoms with Crippen LogP contribution in [0.1, 0.15) is 49.9 Å². The molecule has 1 aliphatic rings. The van der Waals surface area contributed by atoms with Gasteiger partial charge in [0.2, 0.25) is 0 Å². The van der Waals surface area contributed by atoms with Crippen LogP contribution >= 0.6 is 0 Å². The van der Waals surface area contributed by atoms with E-state index in [1.165, 1.54) is 0 Å². The molecule has 20 heavy (non-hydrogen) atoms. The molecule has 1 saturated heterocycles. The monoisotopic (exact) mass is 275 g/mol. The molecule has 0 radical (unpaired) electrons. The maximum atomic E-state index is 12.4. The minimum absolute atomic E-state index is 0.114. The van der Waals surface area contributed by atoms with Crippen LogP contribution < -0.4 is 5.32 Å². The number of unbranched alkanes of at least 4 members (excludes halogenated alkanes) is 1. The normalized spacial score (nSPS) is 16.2. The van der Waals surface area contributed by atoms with E-state index in [2.05, 4.69) is 24.1 Å². The zero-order chi connectivity index (χ0) is 14.4. The molecule has 0 aromatic carbocycles. The average molecular weight is 275 g/mol. The second kappa shape index (κ2) is 7.27. The van der Waals surface area contributed by atoms with Crippen molar-refractivity contribution in [1.29, 1.82) is 0 Å². The van der Waals surface area contributed by atoms with Gasteiger partial charge in [-0.2, -0.15) is 0 Å². The maximum Gasteiger partial charge on any atom is 0.255 e. The van der Waals surface area contributed by atoms with Crippen molar-refractivity contribution < 1.29 is 4.79 Å². The molecule has 0 aliphatic carbocycles. The number of piperidine rings is 1. The van der Waals surface area contributed by atoms with Crippen LogP contribution in [0.15, 0.2) is 18.5 Å². The third kappa shape index (κ3) is 3.95. The van der Waals surface area contributed by atoms with E-state index in [4.69, 9.17) is 0 Å². The molecular formula is C16H25N3O. The first-order chi connectivity index (χ1) is 9.70. The first kappa shape index (κ1) is 14.8. The molecule has 0 spiro atoms. The summed E-state index contributed by atoms with van der Waals surface area (Å²) in [4.78, 5) is 18.6. The summed E-state index contributed by atoms with van der Waals surface area (Å²) < 4.78 is 0. The van der Waals surface area contributed by atoms with Crippen molar-refractivity contribution in [2.24, 2.45) is 5.92 Å². The highest BCUT2D eigenvalue weighted by Crippen LogP contribution is 2.19. The van der Waals surface area contributed by atoms with Gasteiger partial charge >= 0.3 is 0 Å². The van der Waals surface area contributed by atoms with Gasteiger partial charge in [0, 0.05) is 32.0 Å². The predicted molar refractivity (Wildman–Crippen MR) is 81.9 cm³/mol. The van der Waals surface area contributed by atoms with Gasteiger partial charge in [-0.1, -0.05) is 20.3 Å². The Balaban J connectivity index is 1.97. The topological polar surface area (TPSA) is 45.2 Å². The van der Waals surface area contributed by atoms with Crippen LogP contribution in [0.5, 0.6) is 0 Å². The highest BCUT2D eigenvalue weighted by Gasteiger charge is 2.21. The summed E-state index contributed by atoms with van der Waals surface area (Å²) in [6.07, 6.45) is 7.95. The molecule has 4 heteroatoms. The van der Waals surface area contributed by atoms with Crippen molar-refractivity contribution >= 4 is 11.6 Å². The molecule has 0 saturated carbocycles. The number of aromatic nitrogens is 1. The predicted octanol–water partition coefficient (Wildman–Crippen LogP) is 3.17. The number of hydrogen-bond acceptors (Lipinski definition) is 3. The van der Waals surface area contributed by atoms with Crippen molar-refractivity contribution in [2.75, 3.05) is 25.0 Å². The molecule has 0 unspecified atom stereocenters. The lowest BCUT2D eigenvalue weighted by molar-refractivity contribution is 0.0697. The van der Waals surface area contributed by atoms with E-state index in [9.17, 15) is 4.79 Å². The maximum absolute atomic E-state index is 12.4. The first-order valence-corrected chi connectivity index (χ1v) is 7.69. The first-order valence-electron chi connectivity index (χ1n) is 7.69. The zero-order valence-electron chi connectivity index (χ0n) is 12.6. The molecular weight excluding hydrogens is 250 g/mol. The summed E-state index contributed by atoms with van der Waals surface area (Å²) in [7, 11) is 0. The van der Waals surface area contributed by atoms with Crippen LogP contribution in [0, 0.1) is 5.92 Å². The summed E-state index contributed by atoms with van der Waals surface area (Å²) in [6, 6.07) is 1.92. The Bertz CT molecular complexity index is 439. The van der Waals surface area contributed by atoms with Gasteiger partial charge in [-0.25, -0.2) is 0 Å². The Morgan fingerprint density at radius 2 is 2.15 bits per heavy atom. The molecule has 1 aliphatic heterocycles. The van der Waals surface area contributed by atoms with Crippen molar-refractivity contribution in [2.45, 2.75) is 39.5 Å². The van der Waals surface area contributed by atoms with Gasteiger partial charge in [-0.3, -0.25) is 9.78 Å². The molecule has 110 valence electrons. The van der Waals surface area contributed by atoms with Gasteiger partial charge in [-0.05, 0) is 31.2 Å². The molecule has 1 N–H and O–H groups in total. The second-order valence-corrected chi connectivity index (χ2v) is 5.72. The molecule has 2 heterocycles. The summed E-state index contributed by atoms with van der Waals surface area (Å²) in [6.45, 7) is 7.08. The molecule has 1 aromatic heterocycles. The summed E-state index contributed by atoms with van der Waals surface area (Å²) in [5.74, 6) is 0.850. The van der Waals surface area contributed by atoms with E-state index in [1.807, 2.05) is 11.0 Å². The van der Waals surface area contributed by atoms with E-state index in [-0.39, 0.29) is 5.91 Å².